The highest BCUT2D eigenvalue weighted by Crippen LogP contribution is 2.34. The van der Waals surface area contributed by atoms with Crippen molar-refractivity contribution in [1.82, 2.24) is 9.55 Å². The van der Waals surface area contributed by atoms with Crippen molar-refractivity contribution in [2.45, 2.75) is 31.7 Å². The van der Waals surface area contributed by atoms with Gasteiger partial charge in [0.05, 0.1) is 11.2 Å². The predicted molar refractivity (Wildman–Crippen MR) is 147 cm³/mol. The fourth-order valence-corrected chi connectivity index (χ4v) is 5.44. The molecular weight excluding hydrogens is 520 g/mol. The lowest BCUT2D eigenvalue weighted by Crippen LogP contribution is -2.33. The minimum absolute atomic E-state index is 0.145. The number of hydrogen-bond donors (Lipinski definition) is 2. The first-order chi connectivity index (χ1) is 18.7. The van der Waals surface area contributed by atoms with Gasteiger partial charge in [0.15, 0.2) is 12.4 Å². The highest BCUT2D eigenvalue weighted by molar-refractivity contribution is 7.90. The molecule has 10 nitrogen and oxygen atoms in total. The van der Waals surface area contributed by atoms with E-state index in [1.165, 1.54) is 29.0 Å². The highest BCUT2D eigenvalue weighted by atomic mass is 32.2. The largest absolute Gasteiger partial charge is 0.506 e. The van der Waals surface area contributed by atoms with Gasteiger partial charge in [0.2, 0.25) is 5.78 Å². The van der Waals surface area contributed by atoms with Gasteiger partial charge in [0.25, 0.3) is 15.6 Å². The number of aryl methyl sites for hydroxylation is 1. The Kier molecular flexibility index (Phi) is 6.92. The number of nitrogens with zero attached hydrogens (tertiary/aromatic N) is 3. The van der Waals surface area contributed by atoms with E-state index in [-0.39, 0.29) is 51.6 Å². The average molecular weight is 547 g/mol. The monoisotopic (exact) mass is 546 g/mol. The Morgan fingerprint density at radius 2 is 1.87 bits per heavy atom. The summed E-state index contributed by atoms with van der Waals surface area (Å²) in [4.78, 5) is 29.7. The van der Waals surface area contributed by atoms with Gasteiger partial charge in [-0.3, -0.25) is 14.6 Å². The lowest BCUT2D eigenvalue weighted by molar-refractivity contribution is 0.0916. The number of carbonyl (C=O) groups is 1. The molecule has 0 spiro atoms. The van der Waals surface area contributed by atoms with E-state index in [2.05, 4.69) is 14.7 Å². The summed E-state index contributed by atoms with van der Waals surface area (Å²) < 4.78 is 37.3. The Morgan fingerprint density at radius 3 is 2.62 bits per heavy atom. The number of hydrogen-bond acceptors (Lipinski definition) is 8. The first kappa shape index (κ1) is 26.1. The van der Waals surface area contributed by atoms with Crippen molar-refractivity contribution in [2.24, 2.45) is 10.3 Å². The molecule has 0 bridgehead atoms. The van der Waals surface area contributed by atoms with Gasteiger partial charge in [-0.2, -0.15) is 8.42 Å². The van der Waals surface area contributed by atoms with Crippen molar-refractivity contribution < 1.29 is 23.1 Å². The van der Waals surface area contributed by atoms with E-state index in [0.717, 1.165) is 0 Å². The number of Topliss-reactive ketones (excluding diaryl/α,β-unsaturated/α-hetero) is 1. The molecule has 4 aromatic rings. The molecule has 1 aliphatic rings. The molecule has 200 valence electrons. The molecule has 0 unspecified atom stereocenters. The van der Waals surface area contributed by atoms with Crippen LogP contribution in [0.5, 0.6) is 11.5 Å². The van der Waals surface area contributed by atoms with Crippen LogP contribution in [-0.4, -0.2) is 41.3 Å². The quantitative estimate of drug-likeness (QED) is 0.317. The lowest BCUT2D eigenvalue weighted by atomic mass is 10.1. The van der Waals surface area contributed by atoms with E-state index >= 15 is 0 Å². The van der Waals surface area contributed by atoms with Crippen molar-refractivity contribution in [2.75, 3.05) is 11.9 Å². The maximum absolute atomic E-state index is 13.6. The zero-order chi connectivity index (χ0) is 27.7. The second-order valence-corrected chi connectivity index (χ2v) is 11.1. The molecule has 2 N–H and O–H groups in total. The van der Waals surface area contributed by atoms with Crippen molar-refractivity contribution in [1.29, 1.82) is 0 Å². The smallest absolute Gasteiger partial charge is 0.286 e. The number of nitrogens with one attached hydrogen (secondary N) is 1. The van der Waals surface area contributed by atoms with E-state index in [1.54, 1.807) is 42.5 Å². The summed E-state index contributed by atoms with van der Waals surface area (Å²) in [5.74, 6) is -0.523. The van der Waals surface area contributed by atoms with Crippen LogP contribution < -0.4 is 15.6 Å². The number of rotatable bonds is 8. The van der Waals surface area contributed by atoms with Crippen LogP contribution >= 0.6 is 0 Å². The number of anilines is 1. The topological polar surface area (TPSA) is 140 Å². The zero-order valence-electron chi connectivity index (χ0n) is 21.3. The van der Waals surface area contributed by atoms with Gasteiger partial charge < -0.3 is 19.7 Å². The summed E-state index contributed by atoms with van der Waals surface area (Å²) in [6.45, 7) is 4.13. The number of ketones is 1. The summed E-state index contributed by atoms with van der Waals surface area (Å²) >= 11 is 0. The average Bonchev–Trinajstić information content (AvgIpc) is 2.92. The Hall–Kier alpha value is -4.51. The van der Waals surface area contributed by atoms with Gasteiger partial charge in [-0.25, -0.2) is 0 Å². The SMILES string of the molecule is CC(C)CCn1c(=O)c(C2=NS(=O)(=O)c3cc(OCC(=O)c4ccccn4)ccc3N2)c(O)c2ccccc21. The second-order valence-electron chi connectivity index (χ2n) is 9.50. The number of fused-ring (bicyclic) bond motifs is 2. The Bertz CT molecular complexity index is 1780. The predicted octanol–water partition coefficient (Wildman–Crippen LogP) is 3.97. The summed E-state index contributed by atoms with van der Waals surface area (Å²) in [5.41, 5.74) is 0.154. The van der Waals surface area contributed by atoms with Gasteiger partial charge >= 0.3 is 0 Å². The van der Waals surface area contributed by atoms with Crippen LogP contribution in [0.25, 0.3) is 10.9 Å². The summed E-state index contributed by atoms with van der Waals surface area (Å²) in [6, 6.07) is 16.0. The second kappa shape index (κ2) is 10.3. The van der Waals surface area contributed by atoms with Crippen molar-refractivity contribution >= 4 is 38.2 Å². The van der Waals surface area contributed by atoms with Gasteiger partial charge in [-0.05, 0) is 48.7 Å². The molecule has 11 heteroatoms. The minimum atomic E-state index is -4.29. The normalized spacial score (nSPS) is 14.0. The minimum Gasteiger partial charge on any atom is -0.506 e. The van der Waals surface area contributed by atoms with Crippen LogP contribution in [-0.2, 0) is 16.6 Å². The van der Waals surface area contributed by atoms with Crippen LogP contribution in [0.2, 0.25) is 0 Å². The maximum Gasteiger partial charge on any atom is 0.286 e. The number of ether oxygens (including phenoxy) is 1. The first-order valence-corrected chi connectivity index (χ1v) is 13.8. The van der Waals surface area contributed by atoms with Crippen LogP contribution in [0.3, 0.4) is 0 Å². The van der Waals surface area contributed by atoms with Crippen LogP contribution in [0.4, 0.5) is 5.69 Å². The molecule has 0 atom stereocenters. The summed E-state index contributed by atoms with van der Waals surface area (Å²) in [7, 11) is -4.29. The number of amidine groups is 1. The molecule has 2 aromatic heterocycles. The maximum atomic E-state index is 13.6. The van der Waals surface area contributed by atoms with Crippen LogP contribution in [0.1, 0.15) is 36.3 Å². The molecule has 39 heavy (non-hydrogen) atoms. The fourth-order valence-electron chi connectivity index (χ4n) is 4.30. The number of pyridine rings is 2. The summed E-state index contributed by atoms with van der Waals surface area (Å²) in [6.07, 6.45) is 2.20. The molecule has 3 heterocycles. The molecule has 0 aliphatic carbocycles. The van der Waals surface area contributed by atoms with E-state index < -0.39 is 15.6 Å². The summed E-state index contributed by atoms with van der Waals surface area (Å²) in [5, 5.41) is 14.4. The van der Waals surface area contributed by atoms with Gasteiger partial charge in [0, 0.05) is 24.2 Å². The molecule has 0 amide bonds. The number of sulfonamides is 1. The standard InChI is InChI=1S/C28H26N4O6S/c1-17(2)12-14-32-22-9-4-3-7-19(22)26(34)25(28(32)35)27-30-21-11-10-18(15-24(21)39(36,37)31-27)38-16-23(33)20-8-5-6-13-29-20/h3-11,13,15,17,34H,12,14,16H2,1-2H3,(H,30,31). The molecule has 5 rings (SSSR count). The first-order valence-electron chi connectivity index (χ1n) is 12.3. The zero-order valence-corrected chi connectivity index (χ0v) is 22.1. The number of benzene rings is 2. The van der Waals surface area contributed by atoms with Crippen molar-refractivity contribution in [3.8, 4) is 11.5 Å². The molecular formula is C28H26N4O6S. The highest BCUT2D eigenvalue weighted by Gasteiger charge is 2.30. The molecule has 0 saturated carbocycles. The lowest BCUT2D eigenvalue weighted by Gasteiger charge is -2.21. The van der Waals surface area contributed by atoms with Gasteiger partial charge in [-0.15, -0.1) is 4.40 Å². The van der Waals surface area contributed by atoms with E-state index in [0.29, 0.717) is 29.8 Å². The molecule has 0 radical (unpaired) electrons. The number of para-hydroxylation sites is 1. The van der Waals surface area contributed by atoms with Crippen LogP contribution in [0, 0.1) is 5.92 Å². The number of aromatic hydroxyl groups is 1. The van der Waals surface area contributed by atoms with E-state index in [1.807, 2.05) is 13.8 Å². The third-order valence-electron chi connectivity index (χ3n) is 6.33. The van der Waals surface area contributed by atoms with Crippen molar-refractivity contribution in [3.63, 3.8) is 0 Å². The third kappa shape index (κ3) is 5.13. The molecule has 1 aliphatic heterocycles. The third-order valence-corrected chi connectivity index (χ3v) is 7.65. The molecule has 2 aromatic carbocycles. The fraction of sp³-hybridized carbons (Fsp3) is 0.214. The van der Waals surface area contributed by atoms with Gasteiger partial charge in [0.1, 0.15) is 27.7 Å². The molecule has 0 saturated heterocycles. The number of carbonyl (C=O) groups excluding carboxylic acids is 1. The van der Waals surface area contributed by atoms with Crippen LogP contribution in [0.15, 0.2) is 80.9 Å². The Balaban J connectivity index is 1.50. The van der Waals surface area contributed by atoms with E-state index in [9.17, 15) is 23.1 Å². The number of aromatic nitrogens is 2. The van der Waals surface area contributed by atoms with E-state index in [4.69, 9.17) is 4.74 Å². The van der Waals surface area contributed by atoms with Gasteiger partial charge in [-0.1, -0.05) is 32.0 Å². The molecule has 0 fully saturated rings. The van der Waals surface area contributed by atoms with Crippen molar-refractivity contribution in [3.05, 3.63) is 88.5 Å². The Labute approximate surface area is 224 Å². The Morgan fingerprint density at radius 1 is 1.10 bits per heavy atom.